The first-order valence-electron chi connectivity index (χ1n) is 6.99. The van der Waals surface area contributed by atoms with Crippen molar-refractivity contribution in [3.05, 3.63) is 36.3 Å². The predicted molar refractivity (Wildman–Crippen MR) is 77.6 cm³/mol. The third-order valence-corrected chi connectivity index (χ3v) is 3.57. The Balaban J connectivity index is 1.72. The molecule has 1 atom stereocenters. The SMILES string of the molecule is Cc1ncnc(N2CCCC(Nc3ncccn3)C2)c1F. The van der Waals surface area contributed by atoms with Crippen molar-refractivity contribution in [2.75, 3.05) is 23.3 Å². The molecule has 21 heavy (non-hydrogen) atoms. The molecule has 2 aromatic rings. The maximum absolute atomic E-state index is 14.1. The van der Waals surface area contributed by atoms with Gasteiger partial charge in [-0.2, -0.15) is 0 Å². The Kier molecular flexibility index (Phi) is 3.89. The van der Waals surface area contributed by atoms with E-state index in [1.165, 1.54) is 6.33 Å². The van der Waals surface area contributed by atoms with Crippen LogP contribution in [0.2, 0.25) is 0 Å². The molecule has 0 amide bonds. The van der Waals surface area contributed by atoms with E-state index in [-0.39, 0.29) is 11.9 Å². The standard InChI is InChI=1S/C14H17FN6/c1-10-12(15)13(19-9-18-10)21-7-2-4-11(8-21)20-14-16-5-3-6-17-14/h3,5-6,9,11H,2,4,7-8H2,1H3,(H,16,17,20). The molecule has 1 unspecified atom stereocenters. The van der Waals surface area contributed by atoms with Crippen LogP contribution in [0.25, 0.3) is 0 Å². The number of hydrogen-bond donors (Lipinski definition) is 1. The Bertz CT molecular complexity index is 606. The van der Waals surface area contributed by atoms with Gasteiger partial charge in [-0.25, -0.2) is 24.3 Å². The predicted octanol–water partition coefficient (Wildman–Crippen LogP) is 1.80. The number of nitrogens with one attached hydrogen (secondary N) is 1. The average molecular weight is 288 g/mol. The van der Waals surface area contributed by atoms with Crippen LogP contribution in [0.4, 0.5) is 16.2 Å². The molecule has 0 bridgehead atoms. The van der Waals surface area contributed by atoms with Crippen molar-refractivity contribution in [3.8, 4) is 0 Å². The number of nitrogens with zero attached hydrogens (tertiary/aromatic N) is 5. The molecule has 0 saturated carbocycles. The highest BCUT2D eigenvalue weighted by molar-refractivity contribution is 5.42. The lowest BCUT2D eigenvalue weighted by molar-refractivity contribution is 0.508. The number of rotatable bonds is 3. The smallest absolute Gasteiger partial charge is 0.222 e. The van der Waals surface area contributed by atoms with E-state index in [2.05, 4.69) is 25.3 Å². The van der Waals surface area contributed by atoms with Crippen molar-refractivity contribution >= 4 is 11.8 Å². The minimum atomic E-state index is -0.339. The molecular weight excluding hydrogens is 271 g/mol. The third kappa shape index (κ3) is 3.07. The van der Waals surface area contributed by atoms with Gasteiger partial charge in [0, 0.05) is 31.5 Å². The minimum Gasteiger partial charge on any atom is -0.352 e. The van der Waals surface area contributed by atoms with Crippen LogP contribution in [0.1, 0.15) is 18.5 Å². The molecule has 110 valence electrons. The molecule has 1 N–H and O–H groups in total. The molecule has 0 aliphatic carbocycles. The maximum Gasteiger partial charge on any atom is 0.222 e. The van der Waals surface area contributed by atoms with Gasteiger partial charge < -0.3 is 10.2 Å². The van der Waals surface area contributed by atoms with E-state index in [0.29, 0.717) is 24.0 Å². The van der Waals surface area contributed by atoms with E-state index in [1.807, 2.05) is 4.90 Å². The zero-order valence-corrected chi connectivity index (χ0v) is 11.8. The van der Waals surface area contributed by atoms with E-state index in [1.54, 1.807) is 25.4 Å². The number of aromatic nitrogens is 4. The van der Waals surface area contributed by atoms with Crippen LogP contribution in [-0.2, 0) is 0 Å². The number of aryl methyl sites for hydroxylation is 1. The van der Waals surface area contributed by atoms with Crippen molar-refractivity contribution in [2.24, 2.45) is 0 Å². The third-order valence-electron chi connectivity index (χ3n) is 3.57. The Labute approximate surface area is 122 Å². The van der Waals surface area contributed by atoms with Crippen molar-refractivity contribution in [2.45, 2.75) is 25.8 Å². The summed E-state index contributed by atoms with van der Waals surface area (Å²) in [5, 5.41) is 3.28. The van der Waals surface area contributed by atoms with Gasteiger partial charge in [-0.1, -0.05) is 0 Å². The highest BCUT2D eigenvalue weighted by Gasteiger charge is 2.24. The zero-order chi connectivity index (χ0) is 14.7. The van der Waals surface area contributed by atoms with Gasteiger partial charge in [0.2, 0.25) is 5.95 Å². The molecule has 1 saturated heterocycles. The van der Waals surface area contributed by atoms with Gasteiger partial charge in [-0.3, -0.25) is 0 Å². The molecule has 0 spiro atoms. The van der Waals surface area contributed by atoms with Crippen LogP contribution >= 0.6 is 0 Å². The summed E-state index contributed by atoms with van der Waals surface area (Å²) >= 11 is 0. The normalized spacial score (nSPS) is 18.6. The molecule has 1 aliphatic heterocycles. The first kappa shape index (κ1) is 13.7. The summed E-state index contributed by atoms with van der Waals surface area (Å²) in [4.78, 5) is 18.2. The van der Waals surface area contributed by atoms with Crippen LogP contribution in [0.5, 0.6) is 0 Å². The monoisotopic (exact) mass is 288 g/mol. The summed E-state index contributed by atoms with van der Waals surface area (Å²) in [6.45, 7) is 3.12. The van der Waals surface area contributed by atoms with Gasteiger partial charge in [0.25, 0.3) is 0 Å². The van der Waals surface area contributed by atoms with Crippen molar-refractivity contribution in [1.29, 1.82) is 0 Å². The maximum atomic E-state index is 14.1. The fourth-order valence-corrected chi connectivity index (χ4v) is 2.51. The summed E-state index contributed by atoms with van der Waals surface area (Å²) in [6, 6.07) is 1.95. The molecule has 7 heteroatoms. The summed E-state index contributed by atoms with van der Waals surface area (Å²) in [5.41, 5.74) is 0.376. The van der Waals surface area contributed by atoms with Gasteiger partial charge in [0.1, 0.15) is 6.33 Å². The number of anilines is 2. The second-order valence-corrected chi connectivity index (χ2v) is 5.10. The van der Waals surface area contributed by atoms with Gasteiger partial charge in [-0.15, -0.1) is 0 Å². The lowest BCUT2D eigenvalue weighted by Crippen LogP contribution is -2.43. The quantitative estimate of drug-likeness (QED) is 0.929. The first-order chi connectivity index (χ1) is 10.2. The van der Waals surface area contributed by atoms with Crippen LogP contribution in [0.15, 0.2) is 24.8 Å². The molecule has 1 aliphatic rings. The molecule has 3 heterocycles. The van der Waals surface area contributed by atoms with Crippen LogP contribution < -0.4 is 10.2 Å². The molecular formula is C14H17FN6. The molecule has 1 fully saturated rings. The van der Waals surface area contributed by atoms with E-state index in [9.17, 15) is 4.39 Å². The summed E-state index contributed by atoms with van der Waals surface area (Å²) in [7, 11) is 0. The number of halogens is 1. The molecule has 2 aromatic heterocycles. The summed E-state index contributed by atoms with van der Waals surface area (Å²) < 4.78 is 14.1. The fourth-order valence-electron chi connectivity index (χ4n) is 2.51. The van der Waals surface area contributed by atoms with Crippen LogP contribution in [0, 0.1) is 12.7 Å². The topological polar surface area (TPSA) is 66.8 Å². The molecule has 6 nitrogen and oxygen atoms in total. The highest BCUT2D eigenvalue weighted by atomic mass is 19.1. The zero-order valence-electron chi connectivity index (χ0n) is 11.8. The van der Waals surface area contributed by atoms with E-state index < -0.39 is 0 Å². The van der Waals surface area contributed by atoms with Crippen molar-refractivity contribution in [1.82, 2.24) is 19.9 Å². The summed E-state index contributed by atoms with van der Waals surface area (Å²) in [6.07, 6.45) is 6.77. The lowest BCUT2D eigenvalue weighted by Gasteiger charge is -2.34. The molecule has 0 radical (unpaired) electrons. The van der Waals surface area contributed by atoms with E-state index >= 15 is 0 Å². The highest BCUT2D eigenvalue weighted by Crippen LogP contribution is 2.22. The Morgan fingerprint density at radius 2 is 2.05 bits per heavy atom. The fraction of sp³-hybridized carbons (Fsp3) is 0.429. The van der Waals surface area contributed by atoms with Gasteiger partial charge in [0.15, 0.2) is 11.6 Å². The first-order valence-corrected chi connectivity index (χ1v) is 6.99. The second kappa shape index (κ2) is 5.99. The van der Waals surface area contributed by atoms with E-state index in [0.717, 1.165) is 19.4 Å². The van der Waals surface area contributed by atoms with Crippen molar-refractivity contribution < 1.29 is 4.39 Å². The lowest BCUT2D eigenvalue weighted by atomic mass is 10.1. The summed E-state index contributed by atoms with van der Waals surface area (Å²) in [5.74, 6) is 0.640. The van der Waals surface area contributed by atoms with E-state index in [4.69, 9.17) is 0 Å². The largest absolute Gasteiger partial charge is 0.352 e. The van der Waals surface area contributed by atoms with Gasteiger partial charge in [0.05, 0.1) is 5.69 Å². The average Bonchev–Trinajstić information content (AvgIpc) is 2.51. The second-order valence-electron chi connectivity index (χ2n) is 5.10. The number of hydrogen-bond acceptors (Lipinski definition) is 6. The Hall–Kier alpha value is -2.31. The number of piperidine rings is 1. The minimum absolute atomic E-state index is 0.177. The molecule has 0 aromatic carbocycles. The van der Waals surface area contributed by atoms with Crippen LogP contribution in [-0.4, -0.2) is 39.1 Å². The van der Waals surface area contributed by atoms with Crippen LogP contribution in [0.3, 0.4) is 0 Å². The molecule has 3 rings (SSSR count). The Morgan fingerprint density at radius 3 is 2.86 bits per heavy atom. The van der Waals surface area contributed by atoms with Gasteiger partial charge >= 0.3 is 0 Å². The van der Waals surface area contributed by atoms with Gasteiger partial charge in [-0.05, 0) is 25.8 Å². The Morgan fingerprint density at radius 1 is 1.24 bits per heavy atom. The van der Waals surface area contributed by atoms with Crippen molar-refractivity contribution in [3.63, 3.8) is 0 Å².